The number of hydrogen-bond donors (Lipinski definition) is 1. The quantitative estimate of drug-likeness (QED) is 0.524. The summed E-state index contributed by atoms with van der Waals surface area (Å²) in [6.07, 6.45) is 0.118. The van der Waals surface area contributed by atoms with Gasteiger partial charge in [-0.3, -0.25) is 19.7 Å². The van der Waals surface area contributed by atoms with E-state index in [-0.39, 0.29) is 30.5 Å². The van der Waals surface area contributed by atoms with Crippen LogP contribution in [0, 0.1) is 16.0 Å². The Kier molecular flexibility index (Phi) is 5.38. The second-order valence-electron chi connectivity index (χ2n) is 5.79. The predicted molar refractivity (Wildman–Crippen MR) is 104 cm³/mol. The third kappa shape index (κ3) is 3.94. The van der Waals surface area contributed by atoms with Crippen molar-refractivity contribution in [2.24, 2.45) is 5.92 Å². The van der Waals surface area contributed by atoms with Gasteiger partial charge in [0.2, 0.25) is 11.8 Å². The van der Waals surface area contributed by atoms with Crippen molar-refractivity contribution in [2.45, 2.75) is 6.42 Å². The van der Waals surface area contributed by atoms with Crippen LogP contribution in [0.25, 0.3) is 0 Å². The summed E-state index contributed by atoms with van der Waals surface area (Å²) < 4.78 is 1.32. The van der Waals surface area contributed by atoms with Crippen molar-refractivity contribution in [1.82, 2.24) is 0 Å². The van der Waals surface area contributed by atoms with E-state index in [0.717, 1.165) is 10.2 Å². The van der Waals surface area contributed by atoms with Crippen LogP contribution in [-0.2, 0) is 9.59 Å². The molecule has 2 amide bonds. The zero-order valence-corrected chi connectivity index (χ0v) is 16.5. The van der Waals surface area contributed by atoms with Gasteiger partial charge in [0.1, 0.15) is 0 Å². The van der Waals surface area contributed by atoms with E-state index in [0.29, 0.717) is 10.2 Å². The van der Waals surface area contributed by atoms with Crippen LogP contribution in [0.3, 0.4) is 0 Å². The van der Waals surface area contributed by atoms with Crippen LogP contribution in [0.5, 0.6) is 0 Å². The molecule has 0 aromatic heterocycles. The average molecular weight is 483 g/mol. The van der Waals surface area contributed by atoms with Crippen molar-refractivity contribution in [3.8, 4) is 0 Å². The number of anilines is 2. The van der Waals surface area contributed by atoms with Gasteiger partial charge in [0.15, 0.2) is 0 Å². The molecule has 9 heteroatoms. The van der Waals surface area contributed by atoms with Crippen LogP contribution >= 0.6 is 31.9 Å². The maximum absolute atomic E-state index is 12.5. The van der Waals surface area contributed by atoms with E-state index in [4.69, 9.17) is 0 Å². The maximum atomic E-state index is 12.5. The Bertz CT molecular complexity index is 886. The molecule has 0 unspecified atom stereocenters. The highest BCUT2D eigenvalue weighted by Crippen LogP contribution is 2.30. The lowest BCUT2D eigenvalue weighted by Gasteiger charge is -2.17. The van der Waals surface area contributed by atoms with Crippen LogP contribution in [0.2, 0.25) is 0 Å². The topological polar surface area (TPSA) is 92.5 Å². The molecule has 0 aliphatic carbocycles. The number of halogens is 2. The van der Waals surface area contributed by atoms with Gasteiger partial charge in [-0.25, -0.2) is 0 Å². The largest absolute Gasteiger partial charge is 0.325 e. The van der Waals surface area contributed by atoms with Crippen LogP contribution < -0.4 is 10.2 Å². The molecule has 134 valence electrons. The van der Waals surface area contributed by atoms with Crippen molar-refractivity contribution < 1.29 is 14.5 Å². The molecular weight excluding hydrogens is 470 g/mol. The van der Waals surface area contributed by atoms with Crippen LogP contribution in [0.4, 0.5) is 17.1 Å². The molecular formula is C17H13Br2N3O4. The van der Waals surface area contributed by atoms with E-state index in [2.05, 4.69) is 37.2 Å². The smallest absolute Gasteiger partial charge is 0.270 e. The third-order valence-corrected chi connectivity index (χ3v) is 5.24. The van der Waals surface area contributed by atoms with Gasteiger partial charge >= 0.3 is 0 Å². The van der Waals surface area contributed by atoms with Gasteiger partial charge in [0, 0.05) is 39.7 Å². The highest BCUT2D eigenvalue weighted by molar-refractivity contribution is 9.10. The molecule has 1 N–H and O–H groups in total. The van der Waals surface area contributed by atoms with E-state index in [1.54, 1.807) is 4.90 Å². The molecule has 0 bridgehead atoms. The minimum Gasteiger partial charge on any atom is -0.325 e. The summed E-state index contributed by atoms with van der Waals surface area (Å²) >= 11 is 6.57. The number of benzene rings is 2. The number of carbonyl (C=O) groups is 2. The van der Waals surface area contributed by atoms with E-state index >= 15 is 0 Å². The predicted octanol–water partition coefficient (Wildman–Crippen LogP) is 4.11. The minimum absolute atomic E-state index is 0.0765. The fourth-order valence-electron chi connectivity index (χ4n) is 2.71. The highest BCUT2D eigenvalue weighted by Gasteiger charge is 2.35. The summed E-state index contributed by atoms with van der Waals surface area (Å²) in [5.74, 6) is -0.906. The van der Waals surface area contributed by atoms with Gasteiger partial charge in [0.25, 0.3) is 5.69 Å². The molecule has 1 saturated heterocycles. The van der Waals surface area contributed by atoms with Crippen molar-refractivity contribution in [3.63, 3.8) is 0 Å². The van der Waals surface area contributed by atoms with E-state index in [9.17, 15) is 19.7 Å². The summed E-state index contributed by atoms with van der Waals surface area (Å²) in [6, 6.07) is 11.4. The second kappa shape index (κ2) is 7.55. The lowest BCUT2D eigenvalue weighted by Crippen LogP contribution is -2.28. The summed E-state index contributed by atoms with van der Waals surface area (Å²) in [7, 11) is 0. The average Bonchev–Trinajstić information content (AvgIpc) is 2.99. The van der Waals surface area contributed by atoms with Crippen LogP contribution in [-0.4, -0.2) is 23.3 Å². The molecule has 0 spiro atoms. The van der Waals surface area contributed by atoms with E-state index in [1.807, 2.05) is 24.3 Å². The standard InChI is InChI=1S/C17H13Br2N3O4/c18-11-1-3-12(4-2-11)21-9-10(7-16(21)23)17(24)20-15-6-5-13(22(25)26)8-14(15)19/h1-6,8,10H,7,9H2,(H,20,24)/t10-/m0/s1. The van der Waals surface area contributed by atoms with Crippen molar-refractivity contribution in [2.75, 3.05) is 16.8 Å². The molecule has 7 nitrogen and oxygen atoms in total. The number of rotatable bonds is 4. The minimum atomic E-state index is -0.512. The first-order chi connectivity index (χ1) is 12.3. The van der Waals surface area contributed by atoms with Crippen molar-refractivity contribution in [1.29, 1.82) is 0 Å². The number of amides is 2. The number of nitro benzene ring substituents is 1. The molecule has 1 aliphatic heterocycles. The molecule has 1 aliphatic rings. The van der Waals surface area contributed by atoms with Gasteiger partial charge in [-0.1, -0.05) is 15.9 Å². The molecule has 1 fully saturated rings. The molecule has 0 radical (unpaired) electrons. The van der Waals surface area contributed by atoms with Crippen molar-refractivity contribution in [3.05, 3.63) is 61.5 Å². The lowest BCUT2D eigenvalue weighted by molar-refractivity contribution is -0.384. The fourth-order valence-corrected chi connectivity index (χ4v) is 3.44. The summed E-state index contributed by atoms with van der Waals surface area (Å²) in [5, 5.41) is 13.5. The summed E-state index contributed by atoms with van der Waals surface area (Å²) in [4.78, 5) is 36.6. The molecule has 2 aromatic carbocycles. The molecule has 2 aromatic rings. The monoisotopic (exact) mass is 481 g/mol. The number of nitro groups is 1. The Labute approximate surface area is 165 Å². The number of carbonyl (C=O) groups excluding carboxylic acids is 2. The van der Waals surface area contributed by atoms with Gasteiger partial charge in [-0.05, 0) is 46.3 Å². The molecule has 0 saturated carbocycles. The number of nitrogens with one attached hydrogen (secondary N) is 1. The first kappa shape index (κ1) is 18.5. The number of non-ortho nitro benzene ring substituents is 1. The van der Waals surface area contributed by atoms with Crippen LogP contribution in [0.1, 0.15) is 6.42 Å². The third-order valence-electron chi connectivity index (χ3n) is 4.06. The van der Waals surface area contributed by atoms with Crippen molar-refractivity contribution >= 4 is 60.7 Å². The lowest BCUT2D eigenvalue weighted by atomic mass is 10.1. The van der Waals surface area contributed by atoms with Gasteiger partial charge < -0.3 is 10.2 Å². The Hall–Kier alpha value is -2.26. The number of hydrogen-bond acceptors (Lipinski definition) is 4. The Balaban J connectivity index is 1.70. The molecule has 26 heavy (non-hydrogen) atoms. The first-order valence-electron chi connectivity index (χ1n) is 7.66. The van der Waals surface area contributed by atoms with Gasteiger partial charge in [-0.2, -0.15) is 0 Å². The highest BCUT2D eigenvalue weighted by atomic mass is 79.9. The van der Waals surface area contributed by atoms with Gasteiger partial charge in [0.05, 0.1) is 16.5 Å². The van der Waals surface area contributed by atoms with E-state index in [1.165, 1.54) is 18.2 Å². The van der Waals surface area contributed by atoms with E-state index < -0.39 is 10.8 Å². The summed E-state index contributed by atoms with van der Waals surface area (Å²) in [6.45, 7) is 0.289. The zero-order chi connectivity index (χ0) is 18.8. The fraction of sp³-hybridized carbons (Fsp3) is 0.176. The first-order valence-corrected chi connectivity index (χ1v) is 9.24. The van der Waals surface area contributed by atoms with Crippen LogP contribution in [0.15, 0.2) is 51.4 Å². The zero-order valence-electron chi connectivity index (χ0n) is 13.3. The van der Waals surface area contributed by atoms with Gasteiger partial charge in [-0.15, -0.1) is 0 Å². The second-order valence-corrected chi connectivity index (χ2v) is 7.56. The normalized spacial score (nSPS) is 16.6. The number of nitrogens with zero attached hydrogens (tertiary/aromatic N) is 2. The Morgan fingerprint density at radius 3 is 2.50 bits per heavy atom. The SMILES string of the molecule is O=C(Nc1ccc([N+](=O)[O-])cc1Br)[C@H]1CC(=O)N(c2ccc(Br)cc2)C1. The Morgan fingerprint density at radius 2 is 1.88 bits per heavy atom. The molecule has 3 rings (SSSR count). The Morgan fingerprint density at radius 1 is 1.19 bits per heavy atom. The molecule has 1 heterocycles. The molecule has 1 atom stereocenters. The maximum Gasteiger partial charge on any atom is 0.270 e. The summed E-state index contributed by atoms with van der Waals surface area (Å²) in [5.41, 5.74) is 1.09.